The van der Waals surface area contributed by atoms with E-state index in [1.165, 1.54) is 0 Å². The summed E-state index contributed by atoms with van der Waals surface area (Å²) >= 11 is 0. The van der Waals surface area contributed by atoms with Crippen molar-refractivity contribution in [2.75, 3.05) is 19.6 Å². The number of carbonyl (C=O) groups is 2. The molecule has 1 aliphatic heterocycles. The lowest BCUT2D eigenvalue weighted by molar-refractivity contribution is -0.134. The Morgan fingerprint density at radius 2 is 2.27 bits per heavy atom. The summed E-state index contributed by atoms with van der Waals surface area (Å²) < 4.78 is 7.58. The fourth-order valence-corrected chi connectivity index (χ4v) is 3.15. The van der Waals surface area contributed by atoms with Gasteiger partial charge in [0.2, 0.25) is 11.8 Å². The first-order valence-electron chi connectivity index (χ1n) is 8.84. The van der Waals surface area contributed by atoms with E-state index in [4.69, 9.17) is 4.42 Å². The number of piperazine rings is 1. The average Bonchev–Trinajstić information content (AvgIpc) is 3.19. The van der Waals surface area contributed by atoms with Crippen LogP contribution in [0.2, 0.25) is 0 Å². The number of aromatic nitrogens is 2. The van der Waals surface area contributed by atoms with E-state index in [0.29, 0.717) is 32.7 Å². The van der Waals surface area contributed by atoms with E-state index >= 15 is 0 Å². The Labute approximate surface area is 152 Å². The molecule has 0 unspecified atom stereocenters. The molecule has 3 heterocycles. The van der Waals surface area contributed by atoms with Gasteiger partial charge in [-0.2, -0.15) is 0 Å². The number of nitrogens with one attached hydrogen (secondary N) is 2. The van der Waals surface area contributed by atoms with Crippen molar-refractivity contribution in [3.05, 3.63) is 41.9 Å². The summed E-state index contributed by atoms with van der Waals surface area (Å²) in [5, 5.41) is 5.73. The molecule has 0 bridgehead atoms. The molecule has 140 valence electrons. The number of amides is 2. The van der Waals surface area contributed by atoms with Crippen LogP contribution in [-0.4, -0.2) is 51.9 Å². The topological polar surface area (TPSA) is 92.4 Å². The lowest BCUT2D eigenvalue weighted by Gasteiger charge is -2.34. The zero-order valence-electron chi connectivity index (χ0n) is 15.2. The van der Waals surface area contributed by atoms with E-state index < -0.39 is 6.04 Å². The molecule has 2 aromatic rings. The summed E-state index contributed by atoms with van der Waals surface area (Å²) in [6.07, 6.45) is 3.75. The SMILES string of the molecule is Cc1ccc(CN2CCNC(=O)[C@@H]2CC(=O)NCCn2ccnc2C)o1. The summed E-state index contributed by atoms with van der Waals surface area (Å²) in [4.78, 5) is 30.7. The molecule has 0 saturated carbocycles. The first-order valence-corrected chi connectivity index (χ1v) is 8.84. The number of imidazole rings is 1. The van der Waals surface area contributed by atoms with Gasteiger partial charge in [0, 0.05) is 38.6 Å². The molecule has 2 amide bonds. The van der Waals surface area contributed by atoms with Gasteiger partial charge in [0.25, 0.3) is 0 Å². The summed E-state index contributed by atoms with van der Waals surface area (Å²) in [6.45, 7) is 6.76. The lowest BCUT2D eigenvalue weighted by Crippen LogP contribution is -2.56. The minimum Gasteiger partial charge on any atom is -0.465 e. The fourth-order valence-electron chi connectivity index (χ4n) is 3.15. The van der Waals surface area contributed by atoms with E-state index in [0.717, 1.165) is 17.3 Å². The number of furan rings is 1. The van der Waals surface area contributed by atoms with Crippen molar-refractivity contribution in [3.8, 4) is 0 Å². The highest BCUT2D eigenvalue weighted by atomic mass is 16.3. The highest BCUT2D eigenvalue weighted by molar-refractivity contribution is 5.88. The van der Waals surface area contributed by atoms with Crippen molar-refractivity contribution >= 4 is 11.8 Å². The van der Waals surface area contributed by atoms with Crippen molar-refractivity contribution in [3.63, 3.8) is 0 Å². The number of aryl methyl sites for hydroxylation is 2. The van der Waals surface area contributed by atoms with Gasteiger partial charge in [-0.25, -0.2) is 4.98 Å². The predicted octanol–water partition coefficient (Wildman–Crippen LogP) is 0.600. The number of rotatable bonds is 7. The third kappa shape index (κ3) is 4.51. The smallest absolute Gasteiger partial charge is 0.237 e. The number of nitrogens with zero attached hydrogens (tertiary/aromatic N) is 3. The zero-order chi connectivity index (χ0) is 18.5. The van der Waals surface area contributed by atoms with Crippen LogP contribution in [0, 0.1) is 13.8 Å². The predicted molar refractivity (Wildman–Crippen MR) is 95.2 cm³/mol. The summed E-state index contributed by atoms with van der Waals surface area (Å²) in [5.41, 5.74) is 0. The lowest BCUT2D eigenvalue weighted by atomic mass is 10.1. The van der Waals surface area contributed by atoms with Gasteiger partial charge >= 0.3 is 0 Å². The molecule has 26 heavy (non-hydrogen) atoms. The van der Waals surface area contributed by atoms with Gasteiger partial charge in [0.1, 0.15) is 17.3 Å². The molecule has 0 spiro atoms. The van der Waals surface area contributed by atoms with Gasteiger partial charge in [-0.1, -0.05) is 0 Å². The summed E-state index contributed by atoms with van der Waals surface area (Å²) in [6, 6.07) is 3.33. The van der Waals surface area contributed by atoms with Gasteiger partial charge in [0.15, 0.2) is 0 Å². The second kappa shape index (κ2) is 8.18. The van der Waals surface area contributed by atoms with Gasteiger partial charge in [-0.3, -0.25) is 14.5 Å². The van der Waals surface area contributed by atoms with Gasteiger partial charge in [-0.05, 0) is 26.0 Å². The van der Waals surface area contributed by atoms with Crippen LogP contribution in [0.1, 0.15) is 23.8 Å². The Morgan fingerprint density at radius 1 is 1.42 bits per heavy atom. The Bertz CT molecular complexity index is 766. The quantitative estimate of drug-likeness (QED) is 0.755. The molecule has 8 heteroatoms. The van der Waals surface area contributed by atoms with Gasteiger partial charge in [-0.15, -0.1) is 0 Å². The molecule has 1 atom stereocenters. The Balaban J connectivity index is 1.53. The van der Waals surface area contributed by atoms with Gasteiger partial charge < -0.3 is 19.6 Å². The molecule has 2 N–H and O–H groups in total. The molecule has 0 radical (unpaired) electrons. The first-order chi connectivity index (χ1) is 12.5. The second-order valence-electron chi connectivity index (χ2n) is 6.51. The molecule has 3 rings (SSSR count). The first kappa shape index (κ1) is 18.2. The van der Waals surface area contributed by atoms with Crippen LogP contribution in [0.5, 0.6) is 0 Å². The van der Waals surface area contributed by atoms with Crippen molar-refractivity contribution in [2.45, 2.75) is 39.4 Å². The third-order valence-corrected chi connectivity index (χ3v) is 4.57. The number of hydrogen-bond donors (Lipinski definition) is 2. The maximum Gasteiger partial charge on any atom is 0.237 e. The van der Waals surface area contributed by atoms with Crippen LogP contribution in [0.3, 0.4) is 0 Å². The standard InChI is InChI=1S/C18H25N5O3/c1-13-3-4-15(26-13)12-23-10-7-21-18(25)16(23)11-17(24)20-6-9-22-8-5-19-14(22)2/h3-5,8,16H,6-7,9-12H2,1-2H3,(H,20,24)(H,21,25)/t16-/m0/s1. The monoisotopic (exact) mass is 359 g/mol. The highest BCUT2D eigenvalue weighted by Gasteiger charge is 2.32. The molecule has 8 nitrogen and oxygen atoms in total. The van der Waals surface area contributed by atoms with E-state index in [-0.39, 0.29) is 18.2 Å². The van der Waals surface area contributed by atoms with Crippen molar-refractivity contribution in [2.24, 2.45) is 0 Å². The molecule has 1 saturated heterocycles. The summed E-state index contributed by atoms with van der Waals surface area (Å²) in [7, 11) is 0. The maximum absolute atomic E-state index is 12.3. The van der Waals surface area contributed by atoms with Gasteiger partial charge in [0.05, 0.1) is 19.0 Å². The third-order valence-electron chi connectivity index (χ3n) is 4.57. The maximum atomic E-state index is 12.3. The second-order valence-corrected chi connectivity index (χ2v) is 6.51. The van der Waals surface area contributed by atoms with Crippen molar-refractivity contribution in [1.82, 2.24) is 25.1 Å². The van der Waals surface area contributed by atoms with Crippen LogP contribution >= 0.6 is 0 Å². The van der Waals surface area contributed by atoms with Crippen molar-refractivity contribution in [1.29, 1.82) is 0 Å². The normalized spacial score (nSPS) is 17.9. The molecule has 1 aliphatic rings. The van der Waals surface area contributed by atoms with Crippen LogP contribution < -0.4 is 10.6 Å². The molecule has 1 fully saturated rings. The van der Waals surface area contributed by atoms with E-state index in [1.54, 1.807) is 6.20 Å². The van der Waals surface area contributed by atoms with Crippen molar-refractivity contribution < 1.29 is 14.0 Å². The molecule has 0 aromatic carbocycles. The molecular weight excluding hydrogens is 334 g/mol. The molecular formula is C18H25N5O3. The van der Waals surface area contributed by atoms with Crippen LogP contribution in [0.4, 0.5) is 0 Å². The molecule has 2 aromatic heterocycles. The van der Waals surface area contributed by atoms with E-state index in [2.05, 4.69) is 15.6 Å². The Morgan fingerprint density at radius 3 is 2.96 bits per heavy atom. The van der Waals surface area contributed by atoms with E-state index in [1.807, 2.05) is 41.6 Å². The van der Waals surface area contributed by atoms with E-state index in [9.17, 15) is 9.59 Å². The van der Waals surface area contributed by atoms with Crippen LogP contribution in [0.15, 0.2) is 28.9 Å². The number of carbonyl (C=O) groups excluding carboxylic acids is 2. The fraction of sp³-hybridized carbons (Fsp3) is 0.500. The summed E-state index contributed by atoms with van der Waals surface area (Å²) in [5.74, 6) is 2.31. The van der Waals surface area contributed by atoms with Crippen LogP contribution in [-0.2, 0) is 22.7 Å². The number of hydrogen-bond acceptors (Lipinski definition) is 5. The Kier molecular flexibility index (Phi) is 5.72. The Hall–Kier alpha value is -2.61. The largest absolute Gasteiger partial charge is 0.465 e. The minimum absolute atomic E-state index is 0.111. The minimum atomic E-state index is -0.482. The van der Waals surface area contributed by atoms with Crippen LogP contribution in [0.25, 0.3) is 0 Å². The molecule has 0 aliphatic carbocycles. The zero-order valence-corrected chi connectivity index (χ0v) is 15.2. The average molecular weight is 359 g/mol. The highest BCUT2D eigenvalue weighted by Crippen LogP contribution is 2.15.